The summed E-state index contributed by atoms with van der Waals surface area (Å²) in [5.74, 6) is 1.83. The van der Waals surface area contributed by atoms with Gasteiger partial charge in [0.1, 0.15) is 11.5 Å². The first-order valence-electron chi connectivity index (χ1n) is 8.14. The van der Waals surface area contributed by atoms with Gasteiger partial charge < -0.3 is 19.2 Å². The van der Waals surface area contributed by atoms with Gasteiger partial charge in [0.25, 0.3) is 5.22 Å². The Labute approximate surface area is 161 Å². The number of benzene rings is 2. The summed E-state index contributed by atoms with van der Waals surface area (Å²) in [4.78, 5) is 12.2. The zero-order chi connectivity index (χ0) is 19.2. The highest BCUT2D eigenvalue weighted by Gasteiger charge is 2.12. The molecule has 0 radical (unpaired) electrons. The number of rotatable bonds is 7. The number of anilines is 1. The Balaban J connectivity index is 1.59. The lowest BCUT2D eigenvalue weighted by molar-refractivity contribution is -0.113. The Morgan fingerprint density at radius 1 is 1.11 bits per heavy atom. The summed E-state index contributed by atoms with van der Waals surface area (Å²) in [7, 11) is 3.20. The van der Waals surface area contributed by atoms with Crippen LogP contribution in [0.4, 0.5) is 5.69 Å². The van der Waals surface area contributed by atoms with E-state index in [1.54, 1.807) is 26.4 Å². The van der Waals surface area contributed by atoms with Gasteiger partial charge in [-0.2, -0.15) is 0 Å². The van der Waals surface area contributed by atoms with E-state index >= 15 is 0 Å². The lowest BCUT2D eigenvalue weighted by Crippen LogP contribution is -2.14. The van der Waals surface area contributed by atoms with E-state index in [4.69, 9.17) is 13.9 Å². The van der Waals surface area contributed by atoms with E-state index < -0.39 is 0 Å². The number of aromatic nitrogens is 2. The number of aryl methyl sites for hydroxylation is 1. The number of methoxy groups -OCH3 is 2. The molecule has 1 heterocycles. The maximum absolute atomic E-state index is 12.2. The van der Waals surface area contributed by atoms with Crippen molar-refractivity contribution in [1.82, 2.24) is 10.2 Å². The maximum atomic E-state index is 12.2. The number of hydrogen-bond donors (Lipinski definition) is 1. The highest BCUT2D eigenvalue weighted by molar-refractivity contribution is 7.99. The third-order valence-electron chi connectivity index (χ3n) is 3.76. The lowest BCUT2D eigenvalue weighted by atomic mass is 10.2. The van der Waals surface area contributed by atoms with Gasteiger partial charge in [-0.3, -0.25) is 4.79 Å². The molecule has 0 spiro atoms. The first-order chi connectivity index (χ1) is 13.1. The van der Waals surface area contributed by atoms with Crippen LogP contribution in [0.1, 0.15) is 5.56 Å². The van der Waals surface area contributed by atoms with Crippen molar-refractivity contribution >= 4 is 23.4 Å². The van der Waals surface area contributed by atoms with Gasteiger partial charge in [-0.05, 0) is 48.9 Å². The van der Waals surface area contributed by atoms with Crippen LogP contribution >= 0.6 is 11.8 Å². The number of nitrogens with one attached hydrogen (secondary N) is 1. The minimum absolute atomic E-state index is 0.158. The number of carbonyl (C=O) groups excluding carboxylic acids is 1. The normalized spacial score (nSPS) is 10.5. The monoisotopic (exact) mass is 385 g/mol. The van der Waals surface area contributed by atoms with E-state index in [2.05, 4.69) is 15.5 Å². The molecule has 1 N–H and O–H groups in total. The number of hydrogen-bond acceptors (Lipinski definition) is 7. The Hall–Kier alpha value is -3.00. The van der Waals surface area contributed by atoms with Crippen molar-refractivity contribution in [2.45, 2.75) is 12.1 Å². The van der Waals surface area contributed by atoms with Crippen LogP contribution in [0.2, 0.25) is 0 Å². The largest absolute Gasteiger partial charge is 0.497 e. The van der Waals surface area contributed by atoms with Gasteiger partial charge in [0.15, 0.2) is 0 Å². The zero-order valence-corrected chi connectivity index (χ0v) is 16.0. The molecule has 0 saturated heterocycles. The number of carbonyl (C=O) groups is 1. The van der Waals surface area contributed by atoms with Crippen molar-refractivity contribution in [3.05, 3.63) is 48.0 Å². The van der Waals surface area contributed by atoms with Crippen molar-refractivity contribution in [3.63, 3.8) is 0 Å². The molecule has 1 amide bonds. The molecule has 0 saturated carbocycles. The second-order valence-corrected chi connectivity index (χ2v) is 6.55. The summed E-state index contributed by atoms with van der Waals surface area (Å²) < 4.78 is 16.0. The number of amides is 1. The fourth-order valence-corrected chi connectivity index (χ4v) is 2.92. The molecular formula is C19H19N3O4S. The third kappa shape index (κ3) is 4.79. The van der Waals surface area contributed by atoms with E-state index in [0.717, 1.165) is 22.6 Å². The minimum atomic E-state index is -0.158. The standard InChI is InChI=1S/C19H19N3O4S/c1-12-9-15(25-3)7-8-16(12)20-17(23)11-27-19-22-21-18(26-19)13-5-4-6-14(10-13)24-2/h4-10H,11H2,1-3H3,(H,20,23). The molecule has 0 aliphatic heterocycles. The summed E-state index contributed by atoms with van der Waals surface area (Å²) >= 11 is 1.18. The van der Waals surface area contributed by atoms with Gasteiger partial charge in [0.2, 0.25) is 11.8 Å². The van der Waals surface area contributed by atoms with Crippen LogP contribution in [0.25, 0.3) is 11.5 Å². The highest BCUT2D eigenvalue weighted by Crippen LogP contribution is 2.26. The maximum Gasteiger partial charge on any atom is 0.277 e. The van der Waals surface area contributed by atoms with Gasteiger partial charge in [0, 0.05) is 11.3 Å². The molecule has 0 bridgehead atoms. The predicted molar refractivity (Wildman–Crippen MR) is 103 cm³/mol. The van der Waals surface area contributed by atoms with Gasteiger partial charge in [-0.15, -0.1) is 10.2 Å². The fourth-order valence-electron chi connectivity index (χ4n) is 2.36. The summed E-state index contributed by atoms with van der Waals surface area (Å²) in [5, 5.41) is 11.2. The highest BCUT2D eigenvalue weighted by atomic mass is 32.2. The smallest absolute Gasteiger partial charge is 0.277 e. The Bertz CT molecular complexity index is 942. The predicted octanol–water partition coefficient (Wildman–Crippen LogP) is 3.79. The Kier molecular flexibility index (Phi) is 5.97. The van der Waals surface area contributed by atoms with Crippen LogP contribution in [0.5, 0.6) is 11.5 Å². The Morgan fingerprint density at radius 2 is 1.89 bits per heavy atom. The molecule has 0 aliphatic carbocycles. The van der Waals surface area contributed by atoms with Gasteiger partial charge in [-0.25, -0.2) is 0 Å². The first-order valence-corrected chi connectivity index (χ1v) is 9.13. The van der Waals surface area contributed by atoms with Crippen LogP contribution < -0.4 is 14.8 Å². The summed E-state index contributed by atoms with van der Waals surface area (Å²) in [6.45, 7) is 1.91. The summed E-state index contributed by atoms with van der Waals surface area (Å²) in [5.41, 5.74) is 2.42. The average Bonchev–Trinajstić information content (AvgIpc) is 3.17. The molecule has 3 rings (SSSR count). The van der Waals surface area contributed by atoms with E-state index in [9.17, 15) is 4.79 Å². The second kappa shape index (κ2) is 8.59. The average molecular weight is 385 g/mol. The molecule has 27 heavy (non-hydrogen) atoms. The van der Waals surface area contributed by atoms with Crippen molar-refractivity contribution in [1.29, 1.82) is 0 Å². The quantitative estimate of drug-likeness (QED) is 0.619. The third-order valence-corrected chi connectivity index (χ3v) is 4.58. The van der Waals surface area contributed by atoms with Crippen molar-refractivity contribution < 1.29 is 18.7 Å². The second-order valence-electron chi connectivity index (χ2n) is 5.62. The molecule has 2 aromatic carbocycles. The molecule has 3 aromatic rings. The van der Waals surface area contributed by atoms with Crippen LogP contribution in [0.15, 0.2) is 52.1 Å². The van der Waals surface area contributed by atoms with Crippen LogP contribution in [-0.2, 0) is 4.79 Å². The first kappa shape index (κ1) is 18.8. The van der Waals surface area contributed by atoms with E-state index in [1.165, 1.54) is 11.8 Å². The van der Waals surface area contributed by atoms with Crippen LogP contribution in [0, 0.1) is 6.92 Å². The minimum Gasteiger partial charge on any atom is -0.497 e. The molecule has 8 heteroatoms. The van der Waals surface area contributed by atoms with Crippen LogP contribution in [-0.4, -0.2) is 36.1 Å². The van der Waals surface area contributed by atoms with Gasteiger partial charge in [-0.1, -0.05) is 17.8 Å². The Morgan fingerprint density at radius 3 is 2.63 bits per heavy atom. The van der Waals surface area contributed by atoms with Gasteiger partial charge in [0.05, 0.1) is 20.0 Å². The molecule has 1 aromatic heterocycles. The summed E-state index contributed by atoms with van der Waals surface area (Å²) in [6.07, 6.45) is 0. The number of ether oxygens (including phenoxy) is 2. The molecule has 140 valence electrons. The van der Waals surface area contributed by atoms with Gasteiger partial charge >= 0.3 is 0 Å². The number of nitrogens with zero attached hydrogens (tertiary/aromatic N) is 2. The van der Waals surface area contributed by atoms with Crippen molar-refractivity contribution in [2.24, 2.45) is 0 Å². The van der Waals surface area contributed by atoms with Crippen molar-refractivity contribution in [2.75, 3.05) is 25.3 Å². The molecule has 7 nitrogen and oxygen atoms in total. The topological polar surface area (TPSA) is 86.5 Å². The lowest BCUT2D eigenvalue weighted by Gasteiger charge is -2.09. The fraction of sp³-hybridized carbons (Fsp3) is 0.211. The van der Waals surface area contributed by atoms with E-state index in [1.807, 2.05) is 37.3 Å². The molecular weight excluding hydrogens is 366 g/mol. The molecule has 0 aliphatic rings. The SMILES string of the molecule is COc1cccc(-c2nnc(SCC(=O)Nc3ccc(OC)cc3C)o2)c1. The van der Waals surface area contributed by atoms with E-state index in [0.29, 0.717) is 16.9 Å². The summed E-state index contributed by atoms with van der Waals surface area (Å²) in [6, 6.07) is 12.8. The zero-order valence-electron chi connectivity index (χ0n) is 15.2. The molecule has 0 atom stereocenters. The number of thioether (sulfide) groups is 1. The van der Waals surface area contributed by atoms with Crippen molar-refractivity contribution in [3.8, 4) is 23.0 Å². The molecule has 0 fully saturated rings. The van der Waals surface area contributed by atoms with E-state index in [-0.39, 0.29) is 11.7 Å². The van der Waals surface area contributed by atoms with Crippen LogP contribution in [0.3, 0.4) is 0 Å². The molecule has 0 unspecified atom stereocenters.